The van der Waals surface area contributed by atoms with Crippen molar-refractivity contribution in [2.75, 3.05) is 0 Å². The number of nitrogens with zero attached hydrogens (tertiary/aromatic N) is 4. The van der Waals surface area contributed by atoms with Crippen LogP contribution in [0.3, 0.4) is 0 Å². The maximum Gasteiger partial charge on any atom is 0.166 e. The molecule has 0 saturated heterocycles. The summed E-state index contributed by atoms with van der Waals surface area (Å²) in [5.41, 5.74) is 12.8. The van der Waals surface area contributed by atoms with Gasteiger partial charge in [0.2, 0.25) is 0 Å². The lowest BCUT2D eigenvalue weighted by Gasteiger charge is -2.20. The molecule has 0 aliphatic rings. The molecule has 2 aromatic heterocycles. The molecule has 0 fully saturated rings. The number of para-hydroxylation sites is 2. The van der Waals surface area contributed by atoms with Crippen LogP contribution in [-0.2, 0) is 0 Å². The topological polar surface area (TPSA) is 43.6 Å². The minimum absolute atomic E-state index is 0.606. The third-order valence-corrected chi connectivity index (χ3v) is 11.3. The maximum atomic E-state index is 5.45. The van der Waals surface area contributed by atoms with Gasteiger partial charge in [-0.05, 0) is 68.4 Å². The zero-order valence-electron chi connectivity index (χ0n) is 32.1. The van der Waals surface area contributed by atoms with Crippen LogP contribution in [0.25, 0.3) is 106 Å². The number of aromatic nitrogens is 4. The van der Waals surface area contributed by atoms with E-state index in [9.17, 15) is 0 Å². The molecule has 0 aliphatic carbocycles. The van der Waals surface area contributed by atoms with E-state index in [1.54, 1.807) is 0 Å². The standard InChI is InChI=1S/C55H36N4/c1-4-17-37(18-5-1)39-31-33-41(34-32-39)53-56-54(43-24-16-23-42(35-43)38-19-6-2-7-20-38)58-55(57-53)52-47-28-11-10-25-44(47)48(40-21-8-3-9-22-40)36-51(52)59-49-29-14-12-26-45(49)46-27-13-15-30-50(46)59/h1-36H. The SMILES string of the molecule is c1ccc(-c2ccc(-c3nc(-c4cccc(-c5ccccc5)c4)nc(-c4c(-n5c6ccccc6c6ccccc65)cc(-c5ccccc5)c5ccccc45)n3)cc2)cc1. The van der Waals surface area contributed by atoms with Crippen molar-refractivity contribution in [1.29, 1.82) is 0 Å². The summed E-state index contributed by atoms with van der Waals surface area (Å²) >= 11 is 0. The normalized spacial score (nSPS) is 11.4. The lowest BCUT2D eigenvalue weighted by Crippen LogP contribution is -2.05. The molecule has 9 aromatic carbocycles. The Bertz CT molecular complexity index is 3250. The monoisotopic (exact) mass is 752 g/mol. The second-order valence-corrected chi connectivity index (χ2v) is 14.8. The van der Waals surface area contributed by atoms with E-state index in [0.29, 0.717) is 17.5 Å². The minimum atomic E-state index is 0.606. The van der Waals surface area contributed by atoms with Gasteiger partial charge in [0.25, 0.3) is 0 Å². The number of rotatable bonds is 7. The highest BCUT2D eigenvalue weighted by atomic mass is 15.1. The van der Waals surface area contributed by atoms with E-state index in [2.05, 4.69) is 211 Å². The van der Waals surface area contributed by atoms with Crippen LogP contribution >= 0.6 is 0 Å². The van der Waals surface area contributed by atoms with Crippen LogP contribution < -0.4 is 0 Å². The van der Waals surface area contributed by atoms with Crippen LogP contribution in [0.2, 0.25) is 0 Å². The second kappa shape index (κ2) is 14.5. The summed E-state index contributed by atoms with van der Waals surface area (Å²) in [7, 11) is 0. The van der Waals surface area contributed by atoms with Crippen LogP contribution in [0.4, 0.5) is 0 Å². The fourth-order valence-corrected chi connectivity index (χ4v) is 8.47. The highest BCUT2D eigenvalue weighted by Crippen LogP contribution is 2.43. The highest BCUT2D eigenvalue weighted by Gasteiger charge is 2.23. The summed E-state index contributed by atoms with van der Waals surface area (Å²) in [5.74, 6) is 1.83. The predicted molar refractivity (Wildman–Crippen MR) is 244 cm³/mol. The first kappa shape index (κ1) is 34.3. The van der Waals surface area contributed by atoms with Gasteiger partial charge in [-0.1, -0.05) is 194 Å². The van der Waals surface area contributed by atoms with Crippen LogP contribution in [0.1, 0.15) is 0 Å². The molecule has 276 valence electrons. The molecule has 0 atom stereocenters. The van der Waals surface area contributed by atoms with E-state index in [1.165, 1.54) is 10.8 Å². The van der Waals surface area contributed by atoms with E-state index in [-0.39, 0.29) is 0 Å². The van der Waals surface area contributed by atoms with E-state index >= 15 is 0 Å². The Labute approximate surface area is 342 Å². The fraction of sp³-hybridized carbons (Fsp3) is 0. The van der Waals surface area contributed by atoms with E-state index in [4.69, 9.17) is 15.0 Å². The van der Waals surface area contributed by atoms with Crippen molar-refractivity contribution in [2.24, 2.45) is 0 Å². The molecule has 4 heteroatoms. The number of benzene rings is 9. The van der Waals surface area contributed by atoms with E-state index in [0.717, 1.165) is 77.6 Å². The Morgan fingerprint density at radius 1 is 0.271 bits per heavy atom. The molecule has 4 nitrogen and oxygen atoms in total. The quantitative estimate of drug-likeness (QED) is 0.163. The molecule has 0 N–H and O–H groups in total. The number of hydrogen-bond acceptors (Lipinski definition) is 3. The van der Waals surface area contributed by atoms with E-state index < -0.39 is 0 Å². The fourth-order valence-electron chi connectivity index (χ4n) is 8.47. The Kier molecular flexibility index (Phi) is 8.45. The molecule has 0 saturated carbocycles. The molecule has 0 amide bonds. The molecule has 2 heterocycles. The van der Waals surface area contributed by atoms with Gasteiger partial charge in [0.1, 0.15) is 0 Å². The van der Waals surface area contributed by atoms with Gasteiger partial charge < -0.3 is 4.57 Å². The molecule has 0 bridgehead atoms. The predicted octanol–water partition coefficient (Wildman–Crippen LogP) is 14.1. The van der Waals surface area contributed by atoms with Crippen LogP contribution in [0.15, 0.2) is 218 Å². The van der Waals surface area contributed by atoms with Crippen molar-refractivity contribution >= 4 is 32.6 Å². The van der Waals surface area contributed by atoms with Gasteiger partial charge >= 0.3 is 0 Å². The summed E-state index contributed by atoms with van der Waals surface area (Å²) in [6, 6.07) is 76.9. The Hall–Kier alpha value is -7.95. The summed E-state index contributed by atoms with van der Waals surface area (Å²) < 4.78 is 2.40. The lowest BCUT2D eigenvalue weighted by atomic mass is 9.92. The van der Waals surface area contributed by atoms with Gasteiger partial charge in [0.15, 0.2) is 17.5 Å². The van der Waals surface area contributed by atoms with Crippen molar-refractivity contribution in [1.82, 2.24) is 19.5 Å². The summed E-state index contributed by atoms with van der Waals surface area (Å²) in [6.45, 7) is 0. The summed E-state index contributed by atoms with van der Waals surface area (Å²) in [6.07, 6.45) is 0. The molecule has 59 heavy (non-hydrogen) atoms. The van der Waals surface area contributed by atoms with Gasteiger partial charge in [-0.2, -0.15) is 0 Å². The largest absolute Gasteiger partial charge is 0.308 e. The minimum Gasteiger partial charge on any atom is -0.308 e. The zero-order chi connectivity index (χ0) is 39.1. The second-order valence-electron chi connectivity index (χ2n) is 14.8. The van der Waals surface area contributed by atoms with Gasteiger partial charge in [-0.3, -0.25) is 0 Å². The number of fused-ring (bicyclic) bond motifs is 4. The molecular weight excluding hydrogens is 717 g/mol. The van der Waals surface area contributed by atoms with Crippen molar-refractivity contribution in [3.63, 3.8) is 0 Å². The smallest absolute Gasteiger partial charge is 0.166 e. The third-order valence-electron chi connectivity index (χ3n) is 11.3. The van der Waals surface area contributed by atoms with Crippen LogP contribution in [0.5, 0.6) is 0 Å². The summed E-state index contributed by atoms with van der Waals surface area (Å²) in [5, 5.41) is 4.57. The Morgan fingerprint density at radius 3 is 1.32 bits per heavy atom. The van der Waals surface area contributed by atoms with E-state index in [1.807, 2.05) is 12.1 Å². The molecular formula is C55H36N4. The first-order valence-electron chi connectivity index (χ1n) is 19.9. The molecule has 0 spiro atoms. The van der Waals surface area contributed by atoms with Gasteiger partial charge in [-0.25, -0.2) is 15.0 Å². The van der Waals surface area contributed by atoms with Gasteiger partial charge in [-0.15, -0.1) is 0 Å². The average molecular weight is 753 g/mol. The number of hydrogen-bond donors (Lipinski definition) is 0. The molecule has 0 aliphatic heterocycles. The first-order valence-corrected chi connectivity index (χ1v) is 19.9. The summed E-state index contributed by atoms with van der Waals surface area (Å²) in [4.78, 5) is 16.1. The highest BCUT2D eigenvalue weighted by molar-refractivity contribution is 6.13. The Balaban J connectivity index is 1.22. The van der Waals surface area contributed by atoms with Crippen molar-refractivity contribution in [3.8, 4) is 73.2 Å². The van der Waals surface area contributed by atoms with Crippen molar-refractivity contribution < 1.29 is 0 Å². The van der Waals surface area contributed by atoms with Crippen LogP contribution in [-0.4, -0.2) is 19.5 Å². The first-order chi connectivity index (χ1) is 29.3. The van der Waals surface area contributed by atoms with Crippen molar-refractivity contribution in [3.05, 3.63) is 218 Å². The molecule has 11 rings (SSSR count). The molecule has 0 radical (unpaired) electrons. The molecule has 0 unspecified atom stereocenters. The van der Waals surface area contributed by atoms with Gasteiger partial charge in [0, 0.05) is 21.9 Å². The van der Waals surface area contributed by atoms with Crippen molar-refractivity contribution in [2.45, 2.75) is 0 Å². The Morgan fingerprint density at radius 2 is 0.695 bits per heavy atom. The molecule has 11 aromatic rings. The van der Waals surface area contributed by atoms with Crippen LogP contribution in [0, 0.1) is 0 Å². The maximum absolute atomic E-state index is 5.45. The lowest BCUT2D eigenvalue weighted by molar-refractivity contribution is 1.07. The van der Waals surface area contributed by atoms with Gasteiger partial charge in [0.05, 0.1) is 22.3 Å². The zero-order valence-corrected chi connectivity index (χ0v) is 32.1. The average Bonchev–Trinajstić information content (AvgIpc) is 3.66. The third kappa shape index (κ3) is 6.15.